The number of aliphatic carboxylic acids is 1. The van der Waals surface area contributed by atoms with Gasteiger partial charge in [-0.25, -0.2) is 4.79 Å². The van der Waals surface area contributed by atoms with Crippen LogP contribution in [-0.2, 0) is 14.4 Å². The van der Waals surface area contributed by atoms with Gasteiger partial charge in [-0.15, -0.1) is 0 Å². The minimum Gasteiger partial charge on any atom is -0.478 e. The van der Waals surface area contributed by atoms with Crippen LogP contribution in [0.1, 0.15) is 157 Å². The molecule has 1 fully saturated rings. The molecule has 0 bridgehead atoms. The van der Waals surface area contributed by atoms with Gasteiger partial charge in [-0.3, -0.25) is 19.9 Å². The quantitative estimate of drug-likeness (QED) is 0.00696. The molecule has 0 heterocycles. The summed E-state index contributed by atoms with van der Waals surface area (Å²) in [5.74, 6) is -1.83. The lowest BCUT2D eigenvalue weighted by Gasteiger charge is -2.28. The number of aliphatic hydroxyl groups excluding tert-OH is 12. The molecule has 1 amide bonds. The van der Waals surface area contributed by atoms with Gasteiger partial charge in [-0.1, -0.05) is 199 Å². The van der Waals surface area contributed by atoms with Gasteiger partial charge in [0.15, 0.2) is 5.96 Å². The molecule has 1 saturated carbocycles. The van der Waals surface area contributed by atoms with Gasteiger partial charge >= 0.3 is 5.97 Å². The topological polar surface area (TPSA) is 365 Å². The van der Waals surface area contributed by atoms with Crippen molar-refractivity contribution in [3.8, 4) is 0 Å². The highest BCUT2D eigenvalue weighted by Gasteiger charge is 2.27. The Morgan fingerprint density at radius 3 is 1.63 bits per heavy atom. The van der Waals surface area contributed by atoms with E-state index in [0.29, 0.717) is 37.6 Å². The van der Waals surface area contributed by atoms with E-state index in [4.69, 9.17) is 10.8 Å². The molecule has 0 aromatic carbocycles. The van der Waals surface area contributed by atoms with Gasteiger partial charge in [0.25, 0.3) is 0 Å². The Kier molecular flexibility index (Phi) is 46.4. The number of amides is 1. The predicted molar refractivity (Wildman–Crippen MR) is 361 cm³/mol. The summed E-state index contributed by atoms with van der Waals surface area (Å²) in [6.45, 7) is 9.30. The Labute approximate surface area is 541 Å². The SMILES string of the molecule is CC(=CC=CC=CCCC=CC(C)C(O)C(C)C(O)C=CC=CC=CC=CC=CC=CCC(O)C(C)C(=O)CC(O)CC(O)C=CCC(O)CC(O)CC(O)C=CCC(O)CC(O)C=CCC(O)CC(O)CCCN=C(N)NC(=O)CC1CCCCC1C)C(=O)O. The molecule has 17 atom stereocenters. The van der Waals surface area contributed by atoms with Crippen LogP contribution in [-0.4, -0.2) is 170 Å². The largest absolute Gasteiger partial charge is 0.478 e. The number of carboxylic acid groups (broad SMARTS) is 1. The fourth-order valence-electron chi connectivity index (χ4n) is 9.97. The number of allylic oxidation sites excluding steroid dienone is 16. The average Bonchev–Trinajstić information content (AvgIpc) is 3.04. The van der Waals surface area contributed by atoms with E-state index in [1.165, 1.54) is 49.8 Å². The van der Waals surface area contributed by atoms with Crippen LogP contribution in [0.15, 0.2) is 162 Å². The van der Waals surface area contributed by atoms with Crippen molar-refractivity contribution >= 4 is 23.6 Å². The molecular weight excluding hydrogens is 1160 g/mol. The molecule has 0 aromatic rings. The van der Waals surface area contributed by atoms with E-state index in [1.54, 1.807) is 80.7 Å². The third-order valence-electron chi connectivity index (χ3n) is 15.9. The Morgan fingerprint density at radius 1 is 0.549 bits per heavy atom. The monoisotopic (exact) mass is 1280 g/mol. The van der Waals surface area contributed by atoms with E-state index in [9.17, 15) is 75.7 Å². The number of hydrogen-bond donors (Lipinski definition) is 15. The lowest BCUT2D eigenvalue weighted by Crippen LogP contribution is -2.38. The number of guanidine groups is 1. The fourth-order valence-corrected chi connectivity index (χ4v) is 9.97. The lowest BCUT2D eigenvalue weighted by molar-refractivity contribution is -0.132. The van der Waals surface area contributed by atoms with E-state index in [2.05, 4.69) is 17.2 Å². The molecule has 1 rings (SSSR count). The normalized spacial score (nSPS) is 21.2. The zero-order valence-electron chi connectivity index (χ0n) is 54.5. The molecule has 1 aliphatic carbocycles. The van der Waals surface area contributed by atoms with Gasteiger partial charge in [0.05, 0.1) is 73.2 Å². The van der Waals surface area contributed by atoms with Crippen LogP contribution in [0.2, 0.25) is 0 Å². The number of hydrogen-bond acceptors (Lipinski definition) is 16. The van der Waals surface area contributed by atoms with E-state index >= 15 is 0 Å². The number of aliphatic imine (C=N–C) groups is 1. The third kappa shape index (κ3) is 43.6. The molecule has 0 saturated heterocycles. The summed E-state index contributed by atoms with van der Waals surface area (Å²) in [6.07, 6.45) is 38.7. The number of unbranched alkanes of at least 4 members (excludes halogenated alkanes) is 1. The second-order valence-electron chi connectivity index (χ2n) is 24.3. The lowest BCUT2D eigenvalue weighted by atomic mass is 9.78. The number of carbonyl (C=O) groups is 3. The van der Waals surface area contributed by atoms with Gasteiger partial charge in [-0.05, 0) is 89.4 Å². The maximum absolute atomic E-state index is 12.8. The van der Waals surface area contributed by atoms with Gasteiger partial charge in [0.1, 0.15) is 5.78 Å². The Morgan fingerprint density at radius 2 is 1.04 bits per heavy atom. The molecule has 0 aliphatic heterocycles. The standard InChI is InChI=1S/C72H113N3O16/c1-51-30-24-25-33-56(51)44-69(88)75-72(73)74-43-29-40-63(82)46-59(78)35-26-34-57(76)45-58(77)36-27-37-60(79)47-64(83)48-61(80)38-28-39-62(81)49-65(84)50-68(87)54(4)66(85)41-22-18-14-9-7-6-8-10-15-19-23-42-67(86)55(5)70(89)52(2)31-20-16-12-11-13-17-21-32-53(3)71(90)91/h6-11,13-15,17-23,26-28,31-32,34,37,39,42,51-52,54-67,70,76-86,89H,12,16,24-25,29-30,33,35-36,38,40-41,43-50H2,1-5H3,(H,90,91)(H3,73,74,75,88). The van der Waals surface area contributed by atoms with E-state index in [0.717, 1.165) is 32.1 Å². The van der Waals surface area contributed by atoms with Crippen molar-refractivity contribution in [3.05, 3.63) is 157 Å². The number of nitrogens with one attached hydrogen (secondary N) is 1. The maximum Gasteiger partial charge on any atom is 0.331 e. The highest BCUT2D eigenvalue weighted by Crippen LogP contribution is 2.32. The molecule has 0 radical (unpaired) electrons. The van der Waals surface area contributed by atoms with E-state index in [-0.39, 0.29) is 93.3 Å². The minimum absolute atomic E-state index is 0.0112. The molecule has 0 aromatic heterocycles. The number of rotatable bonds is 47. The van der Waals surface area contributed by atoms with Crippen molar-refractivity contribution in [1.29, 1.82) is 0 Å². The van der Waals surface area contributed by atoms with E-state index < -0.39 is 91.1 Å². The summed E-state index contributed by atoms with van der Waals surface area (Å²) < 4.78 is 0. The summed E-state index contributed by atoms with van der Waals surface area (Å²) in [6, 6.07) is 0. The fraction of sp³-hybridized carbons (Fsp3) is 0.583. The minimum atomic E-state index is -1.18. The molecule has 91 heavy (non-hydrogen) atoms. The van der Waals surface area contributed by atoms with Crippen LogP contribution >= 0.6 is 0 Å². The first kappa shape index (κ1) is 83.2. The second kappa shape index (κ2) is 50.7. The van der Waals surface area contributed by atoms with Gasteiger partial charge in [0, 0.05) is 62.0 Å². The van der Waals surface area contributed by atoms with E-state index in [1.807, 2.05) is 55.5 Å². The van der Waals surface area contributed by atoms with Crippen LogP contribution in [0.25, 0.3) is 0 Å². The molecule has 512 valence electrons. The summed E-state index contributed by atoms with van der Waals surface area (Å²) in [5.41, 5.74) is 6.14. The summed E-state index contributed by atoms with van der Waals surface area (Å²) in [7, 11) is 0. The first-order valence-electron chi connectivity index (χ1n) is 32.5. The Hall–Kier alpha value is -5.78. The second-order valence-corrected chi connectivity index (χ2v) is 24.3. The van der Waals surface area contributed by atoms with Gasteiger partial charge < -0.3 is 72.1 Å². The van der Waals surface area contributed by atoms with Crippen LogP contribution in [0.4, 0.5) is 0 Å². The van der Waals surface area contributed by atoms with Crippen molar-refractivity contribution in [3.63, 3.8) is 0 Å². The highest BCUT2D eigenvalue weighted by atomic mass is 16.4. The van der Waals surface area contributed by atoms with Crippen LogP contribution in [0.3, 0.4) is 0 Å². The number of ketones is 1. The number of carbonyl (C=O) groups excluding carboxylic acids is 2. The van der Waals surface area contributed by atoms with Crippen molar-refractivity contribution < 1.29 is 80.8 Å². The van der Waals surface area contributed by atoms with Crippen LogP contribution < -0.4 is 11.1 Å². The number of nitrogens with two attached hydrogens (primary N) is 1. The van der Waals surface area contributed by atoms with Gasteiger partial charge in [-0.2, -0.15) is 0 Å². The van der Waals surface area contributed by atoms with Crippen molar-refractivity contribution in [2.24, 2.45) is 40.3 Å². The third-order valence-corrected chi connectivity index (χ3v) is 15.9. The van der Waals surface area contributed by atoms with Crippen molar-refractivity contribution in [2.45, 2.75) is 230 Å². The molecule has 17 unspecified atom stereocenters. The van der Waals surface area contributed by atoms with Crippen LogP contribution in [0, 0.1) is 29.6 Å². The molecular formula is C72H113N3O16. The number of aliphatic hydroxyl groups is 12. The molecule has 19 nitrogen and oxygen atoms in total. The first-order valence-corrected chi connectivity index (χ1v) is 32.5. The highest BCUT2D eigenvalue weighted by molar-refractivity contribution is 5.96. The first-order chi connectivity index (χ1) is 43.3. The number of nitrogens with zero attached hydrogens (tertiary/aromatic N) is 1. The maximum atomic E-state index is 12.8. The Balaban J connectivity index is 2.29. The van der Waals surface area contributed by atoms with Crippen molar-refractivity contribution in [2.75, 3.05) is 6.54 Å². The predicted octanol–water partition coefficient (Wildman–Crippen LogP) is 7.61. The van der Waals surface area contributed by atoms with Gasteiger partial charge in [0.2, 0.25) is 5.91 Å². The summed E-state index contributed by atoms with van der Waals surface area (Å²) in [4.78, 5) is 40.1. The average molecular weight is 1280 g/mol. The molecule has 16 N–H and O–H groups in total. The molecule has 1 aliphatic rings. The summed E-state index contributed by atoms with van der Waals surface area (Å²) >= 11 is 0. The van der Waals surface area contributed by atoms with Crippen LogP contribution in [0.5, 0.6) is 0 Å². The zero-order valence-corrected chi connectivity index (χ0v) is 54.5. The number of carboxylic acids is 1. The molecule has 19 heteroatoms. The summed E-state index contributed by atoms with van der Waals surface area (Å²) in [5, 5.41) is 137. The number of Topliss-reactive ketones (excluding diaryl/α,β-unsaturated/α-hetero) is 1. The smallest absolute Gasteiger partial charge is 0.331 e. The Bertz CT molecular complexity index is 2460. The zero-order chi connectivity index (χ0) is 67.9. The van der Waals surface area contributed by atoms with Crippen molar-refractivity contribution in [1.82, 2.24) is 5.32 Å². The molecule has 0 spiro atoms.